The Labute approximate surface area is 133 Å². The van der Waals surface area contributed by atoms with Gasteiger partial charge in [0.1, 0.15) is 11.3 Å². The third-order valence-electron chi connectivity index (χ3n) is 3.57. The normalized spacial score (nSPS) is 12.4. The van der Waals surface area contributed by atoms with Gasteiger partial charge in [0.2, 0.25) is 5.76 Å². The van der Waals surface area contributed by atoms with E-state index in [9.17, 15) is 9.59 Å². The summed E-state index contributed by atoms with van der Waals surface area (Å²) in [7, 11) is 2.49. The molecule has 1 aliphatic rings. The SMILES string of the molecule is COC(=O)C1=C(C(=O)OC)c2ccccc2-c2ccccc2O1. The van der Waals surface area contributed by atoms with Crippen LogP contribution in [-0.2, 0) is 19.1 Å². The summed E-state index contributed by atoms with van der Waals surface area (Å²) in [6.45, 7) is 0. The lowest BCUT2D eigenvalue weighted by atomic mass is 9.94. The predicted octanol–water partition coefficient (Wildman–Crippen LogP) is 2.80. The maximum absolute atomic E-state index is 12.3. The van der Waals surface area contributed by atoms with Crippen molar-refractivity contribution in [1.29, 1.82) is 0 Å². The number of ether oxygens (including phenoxy) is 3. The summed E-state index contributed by atoms with van der Waals surface area (Å²) in [5.74, 6) is -1.11. The second-order valence-electron chi connectivity index (χ2n) is 4.83. The smallest absolute Gasteiger partial charge is 0.374 e. The molecular formula is C18H14O5. The molecule has 1 heterocycles. The van der Waals surface area contributed by atoms with Gasteiger partial charge in [-0.05, 0) is 11.6 Å². The highest BCUT2D eigenvalue weighted by Gasteiger charge is 2.31. The van der Waals surface area contributed by atoms with Crippen molar-refractivity contribution < 1.29 is 23.8 Å². The van der Waals surface area contributed by atoms with Crippen molar-refractivity contribution in [3.63, 3.8) is 0 Å². The molecule has 0 unspecified atom stereocenters. The molecule has 0 radical (unpaired) electrons. The van der Waals surface area contributed by atoms with E-state index in [2.05, 4.69) is 0 Å². The predicted molar refractivity (Wildman–Crippen MR) is 83.5 cm³/mol. The number of para-hydroxylation sites is 1. The topological polar surface area (TPSA) is 61.8 Å². The third kappa shape index (κ3) is 2.46. The Morgan fingerprint density at radius 2 is 1.35 bits per heavy atom. The molecule has 0 bridgehead atoms. The lowest BCUT2D eigenvalue weighted by Crippen LogP contribution is -2.17. The first-order valence-corrected chi connectivity index (χ1v) is 6.95. The van der Waals surface area contributed by atoms with E-state index in [0.717, 1.165) is 11.1 Å². The van der Waals surface area contributed by atoms with Crippen LogP contribution in [0.1, 0.15) is 5.56 Å². The zero-order valence-electron chi connectivity index (χ0n) is 12.7. The number of methoxy groups -OCH3 is 2. The molecule has 0 N–H and O–H groups in total. The van der Waals surface area contributed by atoms with Crippen LogP contribution >= 0.6 is 0 Å². The highest BCUT2D eigenvalue weighted by molar-refractivity contribution is 6.24. The molecule has 0 atom stereocenters. The Kier molecular flexibility index (Phi) is 3.85. The van der Waals surface area contributed by atoms with Crippen molar-refractivity contribution >= 4 is 17.5 Å². The molecule has 0 aliphatic carbocycles. The highest BCUT2D eigenvalue weighted by Crippen LogP contribution is 2.40. The van der Waals surface area contributed by atoms with Crippen LogP contribution in [0, 0.1) is 0 Å². The van der Waals surface area contributed by atoms with E-state index >= 15 is 0 Å². The fourth-order valence-electron chi connectivity index (χ4n) is 2.54. The summed E-state index contributed by atoms with van der Waals surface area (Å²) < 4.78 is 15.3. The standard InChI is InChI=1S/C18H14O5/c1-21-17(19)15-13-9-4-3-7-11(13)12-8-5-6-10-14(12)23-16(15)18(20)22-2/h3-10H,1-2H3. The van der Waals surface area contributed by atoms with Gasteiger partial charge in [-0.3, -0.25) is 0 Å². The Balaban J connectivity index is 2.38. The molecular weight excluding hydrogens is 296 g/mol. The van der Waals surface area contributed by atoms with E-state index in [0.29, 0.717) is 11.3 Å². The molecule has 0 amide bonds. The first-order chi connectivity index (χ1) is 11.2. The molecule has 116 valence electrons. The summed E-state index contributed by atoms with van der Waals surface area (Å²) >= 11 is 0. The maximum Gasteiger partial charge on any atom is 0.374 e. The van der Waals surface area contributed by atoms with Crippen molar-refractivity contribution in [2.45, 2.75) is 0 Å². The monoisotopic (exact) mass is 310 g/mol. The average molecular weight is 310 g/mol. The summed E-state index contributed by atoms with van der Waals surface area (Å²) in [6, 6.07) is 14.5. The van der Waals surface area contributed by atoms with Crippen LogP contribution in [0.3, 0.4) is 0 Å². The second kappa shape index (κ2) is 5.96. The molecule has 23 heavy (non-hydrogen) atoms. The summed E-state index contributed by atoms with van der Waals surface area (Å²) in [4.78, 5) is 24.5. The van der Waals surface area contributed by atoms with Gasteiger partial charge in [0.05, 0.1) is 14.2 Å². The van der Waals surface area contributed by atoms with E-state index < -0.39 is 11.9 Å². The van der Waals surface area contributed by atoms with E-state index in [1.807, 2.05) is 24.3 Å². The summed E-state index contributed by atoms with van der Waals surface area (Å²) in [5, 5.41) is 0. The first-order valence-electron chi connectivity index (χ1n) is 6.95. The van der Waals surface area contributed by atoms with Gasteiger partial charge < -0.3 is 14.2 Å². The Bertz CT molecular complexity index is 820. The van der Waals surface area contributed by atoms with Crippen molar-refractivity contribution in [2.24, 2.45) is 0 Å². The number of fused-ring (bicyclic) bond motifs is 3. The number of hydrogen-bond acceptors (Lipinski definition) is 5. The van der Waals surface area contributed by atoms with Crippen molar-refractivity contribution in [2.75, 3.05) is 14.2 Å². The Morgan fingerprint density at radius 3 is 2.00 bits per heavy atom. The lowest BCUT2D eigenvalue weighted by Gasteiger charge is -2.11. The van der Waals surface area contributed by atoms with Crippen LogP contribution in [0.25, 0.3) is 16.7 Å². The van der Waals surface area contributed by atoms with Gasteiger partial charge in [-0.2, -0.15) is 0 Å². The number of benzene rings is 2. The quantitative estimate of drug-likeness (QED) is 0.798. The average Bonchev–Trinajstić information content (AvgIpc) is 2.75. The zero-order chi connectivity index (χ0) is 16.4. The fourth-order valence-corrected chi connectivity index (χ4v) is 2.54. The van der Waals surface area contributed by atoms with E-state index in [1.165, 1.54) is 14.2 Å². The molecule has 0 spiro atoms. The molecule has 1 aliphatic heterocycles. The van der Waals surface area contributed by atoms with Crippen molar-refractivity contribution in [3.8, 4) is 16.9 Å². The fraction of sp³-hybridized carbons (Fsp3) is 0.111. The van der Waals surface area contributed by atoms with Gasteiger partial charge in [0.25, 0.3) is 0 Å². The largest absolute Gasteiger partial charge is 0.465 e. The van der Waals surface area contributed by atoms with Crippen LogP contribution in [0.4, 0.5) is 0 Å². The highest BCUT2D eigenvalue weighted by atomic mass is 16.6. The van der Waals surface area contributed by atoms with Crippen LogP contribution in [0.15, 0.2) is 54.3 Å². The van der Waals surface area contributed by atoms with E-state index in [4.69, 9.17) is 14.2 Å². The molecule has 2 aromatic rings. The van der Waals surface area contributed by atoms with Crippen molar-refractivity contribution in [3.05, 3.63) is 59.9 Å². The lowest BCUT2D eigenvalue weighted by molar-refractivity contribution is -0.139. The maximum atomic E-state index is 12.3. The molecule has 5 heteroatoms. The van der Waals surface area contributed by atoms with Gasteiger partial charge in [0.15, 0.2) is 0 Å². The number of rotatable bonds is 2. The Morgan fingerprint density at radius 1 is 0.783 bits per heavy atom. The third-order valence-corrected chi connectivity index (χ3v) is 3.57. The van der Waals surface area contributed by atoms with Crippen molar-refractivity contribution in [1.82, 2.24) is 0 Å². The molecule has 0 saturated heterocycles. The molecule has 0 aromatic heterocycles. The van der Waals surface area contributed by atoms with Crippen LogP contribution < -0.4 is 4.74 Å². The van der Waals surface area contributed by atoms with Crippen LogP contribution in [0.5, 0.6) is 5.75 Å². The summed E-state index contributed by atoms with van der Waals surface area (Å²) in [6.07, 6.45) is 0. The number of carbonyl (C=O) groups excluding carboxylic acids is 2. The van der Waals surface area contributed by atoms with Crippen LogP contribution in [-0.4, -0.2) is 26.2 Å². The minimum absolute atomic E-state index is 0.0474. The van der Waals surface area contributed by atoms with E-state index in [-0.39, 0.29) is 11.3 Å². The number of esters is 2. The zero-order valence-corrected chi connectivity index (χ0v) is 12.7. The van der Waals surface area contributed by atoms with Gasteiger partial charge in [-0.15, -0.1) is 0 Å². The van der Waals surface area contributed by atoms with Gasteiger partial charge in [-0.1, -0.05) is 42.5 Å². The number of hydrogen-bond donors (Lipinski definition) is 0. The van der Waals surface area contributed by atoms with E-state index in [1.54, 1.807) is 24.3 Å². The van der Waals surface area contributed by atoms with Gasteiger partial charge >= 0.3 is 11.9 Å². The molecule has 0 fully saturated rings. The number of carbonyl (C=O) groups is 2. The first kappa shape index (κ1) is 14.8. The Hall–Kier alpha value is -3.08. The molecule has 2 aromatic carbocycles. The summed E-state index contributed by atoms with van der Waals surface area (Å²) in [5.41, 5.74) is 2.17. The van der Waals surface area contributed by atoms with Gasteiger partial charge in [0, 0.05) is 11.1 Å². The minimum atomic E-state index is -0.739. The second-order valence-corrected chi connectivity index (χ2v) is 4.83. The molecule has 5 nitrogen and oxygen atoms in total. The minimum Gasteiger partial charge on any atom is -0.465 e. The molecule has 0 saturated carbocycles. The molecule has 3 rings (SSSR count). The van der Waals surface area contributed by atoms with Crippen LogP contribution in [0.2, 0.25) is 0 Å². The van der Waals surface area contributed by atoms with Gasteiger partial charge in [-0.25, -0.2) is 9.59 Å².